The molecule has 2 saturated heterocycles. The fourth-order valence-electron chi connectivity index (χ4n) is 3.51. The first-order valence-corrected chi connectivity index (χ1v) is 8.25. The maximum absolute atomic E-state index is 12.2. The molecular formula is C18H26N2O2. The van der Waals surface area contributed by atoms with Crippen molar-refractivity contribution in [3.05, 3.63) is 35.4 Å². The predicted octanol–water partition coefficient (Wildman–Crippen LogP) is 2.11. The Kier molecular flexibility index (Phi) is 4.50. The second-order valence-electron chi connectivity index (χ2n) is 6.88. The number of carbonyl (C=O) groups is 1. The van der Waals surface area contributed by atoms with Gasteiger partial charge in [-0.2, -0.15) is 0 Å². The van der Waals surface area contributed by atoms with Gasteiger partial charge in [-0.3, -0.25) is 4.79 Å². The van der Waals surface area contributed by atoms with E-state index in [-0.39, 0.29) is 18.1 Å². The van der Waals surface area contributed by atoms with E-state index in [4.69, 9.17) is 4.74 Å². The third kappa shape index (κ3) is 3.33. The van der Waals surface area contributed by atoms with Gasteiger partial charge < -0.3 is 15.0 Å². The Morgan fingerprint density at radius 2 is 2.14 bits per heavy atom. The minimum atomic E-state index is -0.230. The van der Waals surface area contributed by atoms with E-state index < -0.39 is 0 Å². The molecule has 2 unspecified atom stereocenters. The molecule has 3 rings (SSSR count). The smallest absolute Gasteiger partial charge is 0.248 e. The van der Waals surface area contributed by atoms with Gasteiger partial charge in [-0.1, -0.05) is 29.8 Å². The van der Waals surface area contributed by atoms with Crippen LogP contribution in [0, 0.1) is 12.8 Å². The first-order valence-electron chi connectivity index (χ1n) is 8.25. The number of nitrogens with one attached hydrogen (secondary N) is 1. The van der Waals surface area contributed by atoms with Gasteiger partial charge in [-0.15, -0.1) is 0 Å². The molecule has 2 atom stereocenters. The molecule has 0 aromatic heterocycles. The van der Waals surface area contributed by atoms with Gasteiger partial charge in [-0.05, 0) is 38.8 Å². The Labute approximate surface area is 132 Å². The summed E-state index contributed by atoms with van der Waals surface area (Å²) in [6.07, 6.45) is 2.37. The van der Waals surface area contributed by atoms with Crippen LogP contribution in [0.2, 0.25) is 0 Å². The van der Waals surface area contributed by atoms with Gasteiger partial charge in [-0.25, -0.2) is 0 Å². The highest BCUT2D eigenvalue weighted by atomic mass is 16.5. The number of morpholine rings is 1. The summed E-state index contributed by atoms with van der Waals surface area (Å²) < 4.78 is 5.97. The van der Waals surface area contributed by atoms with Crippen molar-refractivity contribution in [3.8, 4) is 0 Å². The van der Waals surface area contributed by atoms with Gasteiger partial charge in [0.05, 0.1) is 12.1 Å². The van der Waals surface area contributed by atoms with Crippen LogP contribution in [0.5, 0.6) is 0 Å². The standard InChI is InChI=1S/C18H26N2O2/c1-14-5-7-15(8-6-14)11-20-13-18(2,22-12-17(20)21)16-4-3-9-19-10-16/h5-8,16,19H,3-4,9-13H2,1-2H3. The summed E-state index contributed by atoms with van der Waals surface area (Å²) in [4.78, 5) is 14.2. The lowest BCUT2D eigenvalue weighted by Gasteiger charge is -2.46. The normalized spacial score (nSPS) is 29.6. The Morgan fingerprint density at radius 1 is 1.36 bits per heavy atom. The van der Waals surface area contributed by atoms with Crippen LogP contribution in [0.15, 0.2) is 24.3 Å². The summed E-state index contributed by atoms with van der Waals surface area (Å²) in [5.41, 5.74) is 2.20. The molecule has 22 heavy (non-hydrogen) atoms. The molecule has 0 radical (unpaired) electrons. The summed E-state index contributed by atoms with van der Waals surface area (Å²) in [7, 11) is 0. The lowest BCUT2D eigenvalue weighted by atomic mass is 9.82. The predicted molar refractivity (Wildman–Crippen MR) is 86.5 cm³/mol. The van der Waals surface area contributed by atoms with Crippen LogP contribution in [0.4, 0.5) is 0 Å². The third-order valence-corrected chi connectivity index (χ3v) is 5.04. The molecule has 2 aliphatic rings. The van der Waals surface area contributed by atoms with Crippen molar-refractivity contribution in [3.63, 3.8) is 0 Å². The molecule has 120 valence electrons. The SMILES string of the molecule is Cc1ccc(CN2CC(C)(C3CCCNC3)OCC2=O)cc1. The van der Waals surface area contributed by atoms with E-state index in [1.165, 1.54) is 24.0 Å². The van der Waals surface area contributed by atoms with E-state index in [0.29, 0.717) is 19.0 Å². The van der Waals surface area contributed by atoms with Crippen LogP contribution >= 0.6 is 0 Å². The fraction of sp³-hybridized carbons (Fsp3) is 0.611. The molecule has 4 heteroatoms. The topological polar surface area (TPSA) is 41.6 Å². The molecule has 1 aromatic rings. The van der Waals surface area contributed by atoms with E-state index in [1.807, 2.05) is 4.90 Å². The summed E-state index contributed by atoms with van der Waals surface area (Å²) in [5.74, 6) is 0.580. The molecule has 0 spiro atoms. The van der Waals surface area contributed by atoms with E-state index in [2.05, 4.69) is 43.4 Å². The van der Waals surface area contributed by atoms with Gasteiger partial charge >= 0.3 is 0 Å². The molecule has 2 aliphatic heterocycles. The average molecular weight is 302 g/mol. The third-order valence-electron chi connectivity index (χ3n) is 5.04. The van der Waals surface area contributed by atoms with Crippen LogP contribution in [-0.2, 0) is 16.1 Å². The molecular weight excluding hydrogens is 276 g/mol. The first kappa shape index (κ1) is 15.5. The van der Waals surface area contributed by atoms with Gasteiger partial charge in [0.25, 0.3) is 0 Å². The number of ether oxygens (including phenoxy) is 1. The first-order chi connectivity index (χ1) is 10.6. The Morgan fingerprint density at radius 3 is 2.82 bits per heavy atom. The number of carbonyl (C=O) groups excluding carboxylic acids is 1. The lowest BCUT2D eigenvalue weighted by Crippen LogP contribution is -2.58. The van der Waals surface area contributed by atoms with Crippen molar-refractivity contribution in [2.75, 3.05) is 26.2 Å². The minimum Gasteiger partial charge on any atom is -0.363 e. The van der Waals surface area contributed by atoms with Crippen molar-refractivity contribution in [1.29, 1.82) is 0 Å². The summed E-state index contributed by atoms with van der Waals surface area (Å²) in [6.45, 7) is 7.90. The molecule has 0 aliphatic carbocycles. The number of hydrogen-bond acceptors (Lipinski definition) is 3. The lowest BCUT2D eigenvalue weighted by molar-refractivity contribution is -0.172. The Bertz CT molecular complexity index is 522. The summed E-state index contributed by atoms with van der Waals surface area (Å²) >= 11 is 0. The zero-order valence-corrected chi connectivity index (χ0v) is 13.6. The Hall–Kier alpha value is -1.39. The monoisotopic (exact) mass is 302 g/mol. The quantitative estimate of drug-likeness (QED) is 0.930. The number of nitrogens with zero attached hydrogens (tertiary/aromatic N) is 1. The molecule has 1 aromatic carbocycles. The van der Waals surface area contributed by atoms with E-state index in [1.54, 1.807) is 0 Å². The van der Waals surface area contributed by atoms with E-state index in [0.717, 1.165) is 13.1 Å². The molecule has 1 amide bonds. The molecule has 1 N–H and O–H groups in total. The number of amides is 1. The molecule has 0 saturated carbocycles. The number of benzene rings is 1. The van der Waals surface area contributed by atoms with Crippen molar-refractivity contribution in [1.82, 2.24) is 10.2 Å². The van der Waals surface area contributed by atoms with Crippen molar-refractivity contribution < 1.29 is 9.53 Å². The maximum Gasteiger partial charge on any atom is 0.248 e. The van der Waals surface area contributed by atoms with Crippen molar-refractivity contribution in [2.24, 2.45) is 5.92 Å². The Balaban J connectivity index is 1.70. The number of rotatable bonds is 3. The van der Waals surface area contributed by atoms with Crippen LogP contribution in [0.1, 0.15) is 30.9 Å². The average Bonchev–Trinajstić information content (AvgIpc) is 2.54. The van der Waals surface area contributed by atoms with Crippen LogP contribution in [0.3, 0.4) is 0 Å². The summed E-state index contributed by atoms with van der Waals surface area (Å²) in [6, 6.07) is 8.42. The van der Waals surface area contributed by atoms with Gasteiger partial charge in [0.2, 0.25) is 5.91 Å². The minimum absolute atomic E-state index is 0.0989. The van der Waals surface area contributed by atoms with Gasteiger partial charge in [0.15, 0.2) is 0 Å². The number of aryl methyl sites for hydroxylation is 1. The zero-order chi connectivity index (χ0) is 15.6. The van der Waals surface area contributed by atoms with Crippen molar-refractivity contribution >= 4 is 5.91 Å². The summed E-state index contributed by atoms with van der Waals surface area (Å²) in [5, 5.41) is 3.46. The molecule has 4 nitrogen and oxygen atoms in total. The number of piperidine rings is 1. The fourth-order valence-corrected chi connectivity index (χ4v) is 3.51. The highest BCUT2D eigenvalue weighted by Crippen LogP contribution is 2.31. The molecule has 2 fully saturated rings. The zero-order valence-electron chi connectivity index (χ0n) is 13.6. The highest BCUT2D eigenvalue weighted by Gasteiger charge is 2.42. The maximum atomic E-state index is 12.2. The van der Waals surface area contributed by atoms with E-state index >= 15 is 0 Å². The van der Waals surface area contributed by atoms with Crippen LogP contribution in [0.25, 0.3) is 0 Å². The second-order valence-corrected chi connectivity index (χ2v) is 6.88. The van der Waals surface area contributed by atoms with Gasteiger partial charge in [0.1, 0.15) is 6.61 Å². The second kappa shape index (κ2) is 6.39. The van der Waals surface area contributed by atoms with Crippen LogP contribution in [-0.4, -0.2) is 42.6 Å². The molecule has 0 bridgehead atoms. The largest absolute Gasteiger partial charge is 0.363 e. The number of hydrogen-bond donors (Lipinski definition) is 1. The van der Waals surface area contributed by atoms with Crippen LogP contribution < -0.4 is 5.32 Å². The highest BCUT2D eigenvalue weighted by molar-refractivity contribution is 5.78. The van der Waals surface area contributed by atoms with E-state index in [9.17, 15) is 4.79 Å². The van der Waals surface area contributed by atoms with Crippen molar-refractivity contribution in [2.45, 2.75) is 38.8 Å². The molecule has 2 heterocycles. The van der Waals surface area contributed by atoms with Gasteiger partial charge in [0, 0.05) is 19.0 Å².